The third kappa shape index (κ3) is 4.24. The fourth-order valence-corrected chi connectivity index (χ4v) is 5.20. The largest absolute Gasteiger partial charge is 0.417 e. The molecule has 1 saturated heterocycles. The molecule has 2 aromatic rings. The number of benzene rings is 2. The van der Waals surface area contributed by atoms with E-state index in [1.807, 2.05) is 0 Å². The van der Waals surface area contributed by atoms with E-state index in [-0.39, 0.29) is 30.1 Å². The molecule has 1 amide bonds. The van der Waals surface area contributed by atoms with Gasteiger partial charge < -0.3 is 5.32 Å². The summed E-state index contributed by atoms with van der Waals surface area (Å²) < 4.78 is 80.4. The van der Waals surface area contributed by atoms with Crippen molar-refractivity contribution in [1.29, 1.82) is 0 Å². The number of amides is 1. The van der Waals surface area contributed by atoms with E-state index >= 15 is 0 Å². The number of carbonyl (C=O) groups excluding carboxylic acids is 1. The molecule has 0 bridgehead atoms. The predicted octanol–water partition coefficient (Wildman–Crippen LogP) is 4.29. The number of sulfonamides is 1. The van der Waals surface area contributed by atoms with Crippen LogP contribution in [0.2, 0.25) is 5.02 Å². The van der Waals surface area contributed by atoms with Gasteiger partial charge in [-0.1, -0.05) is 29.8 Å². The molecule has 0 aromatic heterocycles. The maximum atomic E-state index is 14.0. The molecule has 0 saturated carbocycles. The molecular formula is C18H15ClF4N2O3S. The van der Waals surface area contributed by atoms with Crippen molar-refractivity contribution < 1.29 is 30.8 Å². The van der Waals surface area contributed by atoms with Crippen molar-refractivity contribution in [3.63, 3.8) is 0 Å². The monoisotopic (exact) mass is 450 g/mol. The van der Waals surface area contributed by atoms with E-state index in [4.69, 9.17) is 11.6 Å². The van der Waals surface area contributed by atoms with Gasteiger partial charge in [0.05, 0.1) is 21.2 Å². The number of nitrogens with zero attached hydrogens (tertiary/aromatic N) is 1. The second-order valence-electron chi connectivity index (χ2n) is 6.36. The number of alkyl halides is 3. The molecular weight excluding hydrogens is 436 g/mol. The van der Waals surface area contributed by atoms with Gasteiger partial charge in [-0.3, -0.25) is 4.79 Å². The van der Waals surface area contributed by atoms with Crippen molar-refractivity contribution in [2.75, 3.05) is 11.9 Å². The molecule has 2 aromatic carbocycles. The number of hydrogen-bond donors (Lipinski definition) is 1. The van der Waals surface area contributed by atoms with Crippen LogP contribution in [0.5, 0.6) is 0 Å². The van der Waals surface area contributed by atoms with Crippen LogP contribution in [0.4, 0.5) is 23.2 Å². The van der Waals surface area contributed by atoms with Crippen molar-refractivity contribution in [1.82, 2.24) is 4.31 Å². The fourth-order valence-electron chi connectivity index (χ4n) is 3.16. The summed E-state index contributed by atoms with van der Waals surface area (Å²) in [5, 5.41) is 2.03. The summed E-state index contributed by atoms with van der Waals surface area (Å²) in [6, 6.07) is 6.40. The highest BCUT2D eigenvalue weighted by Gasteiger charge is 2.44. The Kier molecular flexibility index (Phi) is 5.88. The highest BCUT2D eigenvalue weighted by Crippen LogP contribution is 2.37. The lowest BCUT2D eigenvalue weighted by Crippen LogP contribution is -2.43. The summed E-state index contributed by atoms with van der Waals surface area (Å²) in [5.41, 5.74) is -1.56. The lowest BCUT2D eigenvalue weighted by atomic mass is 10.2. The third-order valence-corrected chi connectivity index (χ3v) is 6.75. The van der Waals surface area contributed by atoms with E-state index in [0.717, 1.165) is 16.4 Å². The van der Waals surface area contributed by atoms with Crippen LogP contribution in [0.15, 0.2) is 47.4 Å². The summed E-state index contributed by atoms with van der Waals surface area (Å²) >= 11 is 5.66. The molecule has 1 unspecified atom stereocenters. The molecule has 29 heavy (non-hydrogen) atoms. The first-order chi connectivity index (χ1) is 13.5. The normalized spacial score (nSPS) is 18.0. The Balaban J connectivity index is 1.93. The average molecular weight is 451 g/mol. The second kappa shape index (κ2) is 7.92. The first-order valence-electron chi connectivity index (χ1n) is 8.46. The van der Waals surface area contributed by atoms with Crippen LogP contribution in [-0.2, 0) is 21.0 Å². The smallest absolute Gasteiger partial charge is 0.322 e. The van der Waals surface area contributed by atoms with Crippen molar-refractivity contribution in [2.24, 2.45) is 0 Å². The third-order valence-electron chi connectivity index (χ3n) is 4.49. The molecule has 1 atom stereocenters. The van der Waals surface area contributed by atoms with Gasteiger partial charge in [0.25, 0.3) is 0 Å². The minimum absolute atomic E-state index is 0.0848. The molecule has 0 aliphatic carbocycles. The van der Waals surface area contributed by atoms with Crippen LogP contribution in [0.1, 0.15) is 18.4 Å². The van der Waals surface area contributed by atoms with Crippen molar-refractivity contribution >= 4 is 33.2 Å². The highest BCUT2D eigenvalue weighted by atomic mass is 35.5. The second-order valence-corrected chi connectivity index (χ2v) is 8.62. The summed E-state index contributed by atoms with van der Waals surface area (Å²) in [6.45, 7) is -0.134. The summed E-state index contributed by atoms with van der Waals surface area (Å²) in [6.07, 6.45) is -4.53. The van der Waals surface area contributed by atoms with Crippen LogP contribution in [0.3, 0.4) is 0 Å². The van der Waals surface area contributed by atoms with E-state index in [0.29, 0.717) is 6.07 Å². The van der Waals surface area contributed by atoms with Crippen molar-refractivity contribution in [3.8, 4) is 0 Å². The predicted molar refractivity (Wildman–Crippen MR) is 98.4 cm³/mol. The zero-order chi connectivity index (χ0) is 21.4. The van der Waals surface area contributed by atoms with Gasteiger partial charge in [-0.25, -0.2) is 12.8 Å². The number of nitrogens with one attached hydrogen (secondary N) is 1. The molecule has 1 aliphatic heterocycles. The van der Waals surface area contributed by atoms with Gasteiger partial charge in [0, 0.05) is 6.54 Å². The standard InChI is InChI=1S/C18H15ClF4N2O3S/c19-12-6-3-7-13(16(12)20)24-17(26)14-8-4-10-25(14)29(27,28)15-9-2-1-5-11(15)18(21,22)23/h1-3,5-7,9,14H,4,8,10H2,(H,24,26). The number of rotatable bonds is 4. The maximum absolute atomic E-state index is 14.0. The van der Waals surface area contributed by atoms with Crippen LogP contribution in [0.25, 0.3) is 0 Å². The molecule has 5 nitrogen and oxygen atoms in total. The number of halogens is 5. The van der Waals surface area contributed by atoms with Crippen LogP contribution in [0, 0.1) is 5.82 Å². The Hall–Kier alpha value is -2.17. The minimum Gasteiger partial charge on any atom is -0.322 e. The summed E-state index contributed by atoms with van der Waals surface area (Å²) in [7, 11) is -4.62. The minimum atomic E-state index is -4.88. The molecule has 1 aliphatic rings. The van der Waals surface area contributed by atoms with E-state index in [1.54, 1.807) is 0 Å². The van der Waals surface area contributed by atoms with Gasteiger partial charge in [-0.05, 0) is 37.1 Å². The molecule has 0 radical (unpaired) electrons. The lowest BCUT2D eigenvalue weighted by molar-refractivity contribution is -0.139. The molecule has 1 N–H and O–H groups in total. The summed E-state index contributed by atoms with van der Waals surface area (Å²) in [5.74, 6) is -1.74. The molecule has 156 valence electrons. The Morgan fingerprint density at radius 1 is 1.14 bits per heavy atom. The first kappa shape index (κ1) is 21.5. The van der Waals surface area contributed by atoms with E-state index in [2.05, 4.69) is 5.32 Å². The van der Waals surface area contributed by atoms with Gasteiger partial charge in [0.15, 0.2) is 5.82 Å². The van der Waals surface area contributed by atoms with E-state index < -0.39 is 44.4 Å². The molecule has 3 rings (SSSR count). The Morgan fingerprint density at radius 2 is 1.83 bits per heavy atom. The quantitative estimate of drug-likeness (QED) is 0.707. The van der Waals surface area contributed by atoms with E-state index in [1.165, 1.54) is 24.3 Å². The van der Waals surface area contributed by atoms with Gasteiger partial charge in [-0.2, -0.15) is 17.5 Å². The van der Waals surface area contributed by atoms with Gasteiger partial charge in [-0.15, -0.1) is 0 Å². The van der Waals surface area contributed by atoms with Crippen LogP contribution in [-0.4, -0.2) is 31.2 Å². The highest BCUT2D eigenvalue weighted by molar-refractivity contribution is 7.89. The van der Waals surface area contributed by atoms with Crippen molar-refractivity contribution in [3.05, 3.63) is 58.9 Å². The first-order valence-corrected chi connectivity index (χ1v) is 10.3. The lowest BCUT2D eigenvalue weighted by Gasteiger charge is -2.25. The molecule has 11 heteroatoms. The zero-order valence-electron chi connectivity index (χ0n) is 14.7. The number of anilines is 1. The fraction of sp³-hybridized carbons (Fsp3) is 0.278. The molecule has 1 fully saturated rings. The van der Waals surface area contributed by atoms with Crippen LogP contribution >= 0.6 is 11.6 Å². The molecule has 1 heterocycles. The zero-order valence-corrected chi connectivity index (χ0v) is 16.3. The van der Waals surface area contributed by atoms with Gasteiger partial charge in [0.2, 0.25) is 15.9 Å². The number of carbonyl (C=O) groups is 1. The van der Waals surface area contributed by atoms with Crippen LogP contribution < -0.4 is 5.32 Å². The van der Waals surface area contributed by atoms with Gasteiger partial charge >= 0.3 is 6.18 Å². The summed E-state index contributed by atoms with van der Waals surface area (Å²) in [4.78, 5) is 11.7. The Bertz CT molecular complexity index is 1040. The SMILES string of the molecule is O=C(Nc1cccc(Cl)c1F)C1CCCN1S(=O)(=O)c1ccccc1C(F)(F)F. The van der Waals surface area contributed by atoms with Crippen molar-refractivity contribution in [2.45, 2.75) is 30.0 Å². The average Bonchev–Trinajstić information content (AvgIpc) is 3.16. The Labute approximate surface area is 169 Å². The van der Waals surface area contributed by atoms with Gasteiger partial charge in [0.1, 0.15) is 6.04 Å². The number of hydrogen-bond acceptors (Lipinski definition) is 3. The molecule has 0 spiro atoms. The maximum Gasteiger partial charge on any atom is 0.417 e. The van der Waals surface area contributed by atoms with E-state index in [9.17, 15) is 30.8 Å². The Morgan fingerprint density at radius 3 is 2.52 bits per heavy atom. The topological polar surface area (TPSA) is 66.5 Å².